The fraction of sp³-hybridized carbons (Fsp3) is 0.455. The first kappa shape index (κ1) is 18.7. The topological polar surface area (TPSA) is 78.9 Å². The maximum atomic E-state index is 12.8. The number of aliphatic hydroxyl groups is 1. The second-order valence-electron chi connectivity index (χ2n) is 8.08. The van der Waals surface area contributed by atoms with Crippen LogP contribution < -0.4 is 10.1 Å². The second-order valence-corrected chi connectivity index (χ2v) is 8.08. The quantitative estimate of drug-likeness (QED) is 0.779. The van der Waals surface area contributed by atoms with Crippen LogP contribution in [0.2, 0.25) is 0 Å². The minimum absolute atomic E-state index is 0.0133. The Hall–Kier alpha value is -2.60. The van der Waals surface area contributed by atoms with E-state index in [1.807, 2.05) is 42.5 Å². The Morgan fingerprint density at radius 3 is 2.64 bits per heavy atom. The van der Waals surface area contributed by atoms with Crippen molar-refractivity contribution in [3.8, 4) is 5.75 Å². The lowest BCUT2D eigenvalue weighted by Gasteiger charge is -2.33. The Morgan fingerprint density at radius 2 is 1.89 bits per heavy atom. The summed E-state index contributed by atoms with van der Waals surface area (Å²) in [5, 5.41) is 15.4. The third-order valence-electron chi connectivity index (χ3n) is 5.93. The zero-order chi connectivity index (χ0) is 19.7. The summed E-state index contributed by atoms with van der Waals surface area (Å²) in [6.07, 6.45) is 2.23. The average molecular weight is 382 g/mol. The fourth-order valence-electron chi connectivity index (χ4n) is 4.15. The largest absolute Gasteiger partial charge is 0.491 e. The van der Waals surface area contributed by atoms with Crippen LogP contribution in [0.1, 0.15) is 32.6 Å². The van der Waals surface area contributed by atoms with Gasteiger partial charge in [-0.15, -0.1) is 0 Å². The monoisotopic (exact) mass is 382 g/mol. The second kappa shape index (κ2) is 7.43. The van der Waals surface area contributed by atoms with E-state index in [1.165, 1.54) is 0 Å². The van der Waals surface area contributed by atoms with Crippen LogP contribution in [0.25, 0.3) is 10.8 Å². The Balaban J connectivity index is 1.36. The highest BCUT2D eigenvalue weighted by Gasteiger charge is 2.52. The molecule has 1 unspecified atom stereocenters. The van der Waals surface area contributed by atoms with E-state index in [0.29, 0.717) is 24.5 Å². The van der Waals surface area contributed by atoms with Crippen LogP contribution in [-0.2, 0) is 4.79 Å². The number of carbonyl (C=O) groups excluding carboxylic acids is 2. The van der Waals surface area contributed by atoms with Crippen molar-refractivity contribution in [2.24, 2.45) is 5.92 Å². The summed E-state index contributed by atoms with van der Waals surface area (Å²) in [5.41, 5.74) is -0.775. The number of carbonyl (C=O) groups is 2. The molecule has 1 heterocycles. The first-order valence-corrected chi connectivity index (χ1v) is 9.91. The zero-order valence-corrected chi connectivity index (χ0v) is 16.1. The molecule has 2 N–H and O–H groups in total. The highest BCUT2D eigenvalue weighted by Crippen LogP contribution is 2.36. The average Bonchev–Trinajstić information content (AvgIpc) is 2.93. The fourth-order valence-corrected chi connectivity index (χ4v) is 4.15. The lowest BCUT2D eigenvalue weighted by molar-refractivity contribution is -0.133. The first-order chi connectivity index (χ1) is 13.5. The number of hydrogen-bond donors (Lipinski definition) is 2. The molecule has 1 aliphatic heterocycles. The number of fused-ring (bicyclic) bond motifs is 1. The summed E-state index contributed by atoms with van der Waals surface area (Å²) < 4.78 is 5.69. The third-order valence-corrected chi connectivity index (χ3v) is 5.93. The van der Waals surface area contributed by atoms with Gasteiger partial charge >= 0.3 is 6.03 Å². The molecular weight excluding hydrogens is 356 g/mol. The molecular formula is C22H26N2O4. The number of hydrogen-bond acceptors (Lipinski definition) is 4. The molecule has 28 heavy (non-hydrogen) atoms. The molecule has 0 radical (unpaired) electrons. The molecule has 1 saturated heterocycles. The van der Waals surface area contributed by atoms with Gasteiger partial charge in [0.2, 0.25) is 0 Å². The molecule has 1 saturated carbocycles. The van der Waals surface area contributed by atoms with E-state index in [0.717, 1.165) is 28.5 Å². The number of nitrogens with one attached hydrogen (secondary N) is 1. The van der Waals surface area contributed by atoms with Crippen molar-refractivity contribution in [2.75, 3.05) is 13.2 Å². The third kappa shape index (κ3) is 3.56. The number of imide groups is 1. The van der Waals surface area contributed by atoms with E-state index in [-0.39, 0.29) is 19.1 Å². The number of nitrogens with zero attached hydrogens (tertiary/aromatic N) is 1. The van der Waals surface area contributed by atoms with Crippen LogP contribution in [0, 0.1) is 5.92 Å². The molecule has 1 aliphatic carbocycles. The summed E-state index contributed by atoms with van der Waals surface area (Å²) in [4.78, 5) is 26.3. The van der Waals surface area contributed by atoms with Crippen molar-refractivity contribution in [2.45, 2.75) is 44.2 Å². The number of benzene rings is 2. The molecule has 2 aromatic carbocycles. The molecule has 0 aromatic heterocycles. The lowest BCUT2D eigenvalue weighted by atomic mass is 9.77. The van der Waals surface area contributed by atoms with Gasteiger partial charge in [0.25, 0.3) is 5.91 Å². The van der Waals surface area contributed by atoms with Gasteiger partial charge in [-0.2, -0.15) is 0 Å². The molecule has 2 aliphatic rings. The summed E-state index contributed by atoms with van der Waals surface area (Å²) in [5.74, 6) is 1.01. The van der Waals surface area contributed by atoms with Gasteiger partial charge in [-0.3, -0.25) is 9.69 Å². The molecule has 6 heteroatoms. The van der Waals surface area contributed by atoms with Crippen molar-refractivity contribution in [3.63, 3.8) is 0 Å². The predicted molar refractivity (Wildman–Crippen MR) is 106 cm³/mol. The number of amides is 3. The first-order valence-electron chi connectivity index (χ1n) is 9.91. The molecule has 148 valence electrons. The van der Waals surface area contributed by atoms with Crippen LogP contribution in [0.5, 0.6) is 5.75 Å². The number of urea groups is 1. The summed E-state index contributed by atoms with van der Waals surface area (Å²) in [6.45, 7) is 2.12. The Bertz CT molecular complexity index is 889. The minimum Gasteiger partial charge on any atom is -0.491 e. The van der Waals surface area contributed by atoms with Crippen molar-refractivity contribution in [1.82, 2.24) is 10.2 Å². The SMILES string of the molecule is CC1CCC2(CC1)NC(=O)N(CC(O)COc1ccc3ccccc3c1)C2=O. The summed E-state index contributed by atoms with van der Waals surface area (Å²) in [6, 6.07) is 13.3. The maximum Gasteiger partial charge on any atom is 0.325 e. The van der Waals surface area contributed by atoms with E-state index in [9.17, 15) is 14.7 Å². The molecule has 1 atom stereocenters. The van der Waals surface area contributed by atoms with Crippen molar-refractivity contribution in [1.29, 1.82) is 0 Å². The summed E-state index contributed by atoms with van der Waals surface area (Å²) in [7, 11) is 0. The minimum atomic E-state index is -0.946. The van der Waals surface area contributed by atoms with Crippen LogP contribution in [0.3, 0.4) is 0 Å². The van der Waals surface area contributed by atoms with Gasteiger partial charge in [-0.1, -0.05) is 37.3 Å². The van der Waals surface area contributed by atoms with Gasteiger partial charge in [-0.25, -0.2) is 4.79 Å². The van der Waals surface area contributed by atoms with Crippen LogP contribution in [0.15, 0.2) is 42.5 Å². The normalized spacial score (nSPS) is 25.9. The van der Waals surface area contributed by atoms with E-state index in [1.54, 1.807) is 0 Å². The summed E-state index contributed by atoms with van der Waals surface area (Å²) >= 11 is 0. The predicted octanol–water partition coefficient (Wildman–Crippen LogP) is 3.08. The Labute approximate surface area is 164 Å². The molecule has 1 spiro atoms. The maximum absolute atomic E-state index is 12.8. The van der Waals surface area contributed by atoms with Crippen molar-refractivity contribution < 1.29 is 19.4 Å². The molecule has 4 rings (SSSR count). The van der Waals surface area contributed by atoms with Crippen molar-refractivity contribution >= 4 is 22.7 Å². The number of ether oxygens (including phenoxy) is 1. The van der Waals surface area contributed by atoms with Gasteiger partial charge in [0, 0.05) is 0 Å². The zero-order valence-electron chi connectivity index (χ0n) is 16.1. The van der Waals surface area contributed by atoms with E-state index >= 15 is 0 Å². The number of rotatable bonds is 5. The van der Waals surface area contributed by atoms with Crippen LogP contribution in [0.4, 0.5) is 4.79 Å². The number of aliphatic hydroxyl groups excluding tert-OH is 1. The van der Waals surface area contributed by atoms with E-state index in [2.05, 4.69) is 12.2 Å². The van der Waals surface area contributed by atoms with E-state index < -0.39 is 17.7 Å². The molecule has 6 nitrogen and oxygen atoms in total. The van der Waals surface area contributed by atoms with Gasteiger partial charge in [0.15, 0.2) is 0 Å². The van der Waals surface area contributed by atoms with E-state index in [4.69, 9.17) is 4.74 Å². The molecule has 2 aromatic rings. The highest BCUT2D eigenvalue weighted by atomic mass is 16.5. The number of β-amino-alcohol motifs (C(OH)–C–C–N with tert-alkyl or cyclic N) is 1. The Morgan fingerprint density at radius 1 is 1.18 bits per heavy atom. The molecule has 3 amide bonds. The molecule has 0 bridgehead atoms. The highest BCUT2D eigenvalue weighted by molar-refractivity contribution is 6.07. The van der Waals surface area contributed by atoms with Crippen molar-refractivity contribution in [3.05, 3.63) is 42.5 Å². The van der Waals surface area contributed by atoms with Gasteiger partial charge in [0.1, 0.15) is 24.0 Å². The lowest BCUT2D eigenvalue weighted by Crippen LogP contribution is -2.49. The van der Waals surface area contributed by atoms with Crippen LogP contribution >= 0.6 is 0 Å². The molecule has 2 fully saturated rings. The smallest absolute Gasteiger partial charge is 0.325 e. The standard InChI is InChI=1S/C22H26N2O4/c1-15-8-10-22(11-9-15)20(26)24(21(27)23-22)13-18(25)14-28-19-7-6-16-4-2-3-5-17(16)12-19/h2-7,12,15,18,25H,8-11,13-14H2,1H3,(H,23,27). The van der Waals surface area contributed by atoms with Crippen LogP contribution in [-0.4, -0.2) is 46.7 Å². The van der Waals surface area contributed by atoms with Gasteiger partial charge in [0.05, 0.1) is 6.54 Å². The Kier molecular flexibility index (Phi) is 4.98. The van der Waals surface area contributed by atoms with Gasteiger partial charge < -0.3 is 15.2 Å². The van der Waals surface area contributed by atoms with Gasteiger partial charge in [-0.05, 0) is 54.5 Å².